The average molecular weight is 576 g/mol. The number of aromatic hydroxyl groups is 2. The molecule has 40 heavy (non-hydrogen) atoms. The molecule has 0 aromatic heterocycles. The van der Waals surface area contributed by atoms with Gasteiger partial charge >= 0.3 is 5.97 Å². The summed E-state index contributed by atoms with van der Waals surface area (Å²) in [7, 11) is 0. The molecule has 0 bridgehead atoms. The summed E-state index contributed by atoms with van der Waals surface area (Å²) in [6.45, 7) is 0. The Labute approximate surface area is 235 Å². The predicted octanol–water partition coefficient (Wildman–Crippen LogP) is -1.06. The number of hydrogen-bond donors (Lipinski definition) is 9. The van der Waals surface area contributed by atoms with Crippen LogP contribution in [-0.4, -0.2) is 74.8 Å². The first-order chi connectivity index (χ1) is 18.9. The van der Waals surface area contributed by atoms with Crippen LogP contribution in [-0.2, 0) is 36.8 Å². The van der Waals surface area contributed by atoms with Crippen LogP contribution in [0.5, 0.6) is 11.5 Å². The summed E-state index contributed by atoms with van der Waals surface area (Å²) in [4.78, 5) is 62.2. The highest BCUT2D eigenvalue weighted by Crippen LogP contribution is 2.13. The number of aliphatic carboxylic acids is 1. The molecule has 0 saturated carbocycles. The van der Waals surface area contributed by atoms with E-state index in [1.165, 1.54) is 36.4 Å². The molecule has 4 unspecified atom stereocenters. The first-order valence-corrected chi connectivity index (χ1v) is 12.9. The molecule has 2 aromatic carbocycles. The van der Waals surface area contributed by atoms with Crippen molar-refractivity contribution in [1.82, 2.24) is 16.0 Å². The molecule has 216 valence electrons. The zero-order valence-corrected chi connectivity index (χ0v) is 22.3. The molecule has 13 nitrogen and oxygen atoms in total. The lowest BCUT2D eigenvalue weighted by Gasteiger charge is -2.25. The predicted molar refractivity (Wildman–Crippen MR) is 147 cm³/mol. The minimum Gasteiger partial charge on any atom is -0.508 e. The number of amides is 4. The standard InChI is InChI=1S/C26H33N5O8S/c27-18(13-40)23(35)30-20(11-14-1-5-16(32)6-2-14)25(37)29-19(9-10-22(28)34)24(36)31-21(26(38)39)12-15-3-7-17(33)8-4-15/h1-8,18-21,32-33,40H,9-13,27H2,(H2,28,34)(H,29,37)(H,30,35)(H,31,36)(H,38,39). The number of carboxylic acid groups (broad SMARTS) is 1. The molecule has 4 amide bonds. The van der Waals surface area contributed by atoms with Crippen molar-refractivity contribution in [1.29, 1.82) is 0 Å². The van der Waals surface area contributed by atoms with E-state index in [-0.39, 0.29) is 42.9 Å². The van der Waals surface area contributed by atoms with E-state index >= 15 is 0 Å². The highest BCUT2D eigenvalue weighted by Gasteiger charge is 2.30. The van der Waals surface area contributed by atoms with Crippen LogP contribution < -0.4 is 27.4 Å². The summed E-state index contributed by atoms with van der Waals surface area (Å²) in [6, 6.07) is 6.59. The first kappa shape index (κ1) is 31.9. The molecule has 10 N–H and O–H groups in total. The monoisotopic (exact) mass is 575 g/mol. The molecule has 0 radical (unpaired) electrons. The van der Waals surface area contributed by atoms with Gasteiger partial charge in [0, 0.05) is 25.0 Å². The number of carbonyl (C=O) groups is 5. The molecule has 0 spiro atoms. The van der Waals surface area contributed by atoms with Gasteiger partial charge in [0.15, 0.2) is 0 Å². The molecule has 0 aliphatic carbocycles. The first-order valence-electron chi connectivity index (χ1n) is 12.2. The summed E-state index contributed by atoms with van der Waals surface area (Å²) in [5, 5.41) is 36.0. The van der Waals surface area contributed by atoms with E-state index in [2.05, 4.69) is 28.6 Å². The van der Waals surface area contributed by atoms with Crippen molar-refractivity contribution in [3.05, 3.63) is 59.7 Å². The van der Waals surface area contributed by atoms with Gasteiger partial charge in [0.1, 0.15) is 29.6 Å². The van der Waals surface area contributed by atoms with E-state index in [0.717, 1.165) is 0 Å². The number of phenols is 2. The zero-order chi connectivity index (χ0) is 29.8. The van der Waals surface area contributed by atoms with E-state index in [9.17, 15) is 39.3 Å². The Hall–Kier alpha value is -4.30. The van der Waals surface area contributed by atoms with Crippen molar-refractivity contribution >= 4 is 42.2 Å². The van der Waals surface area contributed by atoms with E-state index in [1.807, 2.05) is 0 Å². The van der Waals surface area contributed by atoms with Gasteiger partial charge in [0.2, 0.25) is 23.6 Å². The van der Waals surface area contributed by atoms with Gasteiger partial charge in [-0.1, -0.05) is 24.3 Å². The summed E-state index contributed by atoms with van der Waals surface area (Å²) in [6.07, 6.45) is -0.707. The van der Waals surface area contributed by atoms with Gasteiger partial charge in [-0.15, -0.1) is 0 Å². The lowest BCUT2D eigenvalue weighted by Crippen LogP contribution is -2.58. The van der Waals surface area contributed by atoms with Crippen LogP contribution >= 0.6 is 12.6 Å². The number of rotatable bonds is 15. The fourth-order valence-electron chi connectivity index (χ4n) is 3.61. The minimum atomic E-state index is -1.40. The molecule has 0 aliphatic heterocycles. The van der Waals surface area contributed by atoms with Crippen LogP contribution in [0.15, 0.2) is 48.5 Å². The Kier molecular flexibility index (Phi) is 12.2. The molecule has 0 fully saturated rings. The zero-order valence-electron chi connectivity index (χ0n) is 21.4. The van der Waals surface area contributed by atoms with Crippen LogP contribution in [0.4, 0.5) is 0 Å². The lowest BCUT2D eigenvalue weighted by molar-refractivity contribution is -0.142. The maximum Gasteiger partial charge on any atom is 0.326 e. The smallest absolute Gasteiger partial charge is 0.326 e. The number of primary amides is 1. The number of nitrogens with two attached hydrogens (primary N) is 2. The summed E-state index contributed by atoms with van der Waals surface area (Å²) >= 11 is 3.99. The second-order valence-corrected chi connectivity index (χ2v) is 9.42. The molecule has 2 aromatic rings. The van der Waals surface area contributed by atoms with Crippen molar-refractivity contribution < 1.29 is 39.3 Å². The number of thiol groups is 1. The van der Waals surface area contributed by atoms with Crippen molar-refractivity contribution in [2.45, 2.75) is 49.9 Å². The Morgan fingerprint density at radius 1 is 0.725 bits per heavy atom. The van der Waals surface area contributed by atoms with Gasteiger partial charge in [-0.3, -0.25) is 19.2 Å². The SMILES string of the molecule is NC(=O)CCC(NC(=O)C(Cc1ccc(O)cc1)NC(=O)C(N)CS)C(=O)NC(Cc1ccc(O)cc1)C(=O)O. The molecule has 14 heteroatoms. The molecule has 0 saturated heterocycles. The number of carbonyl (C=O) groups excluding carboxylic acids is 4. The summed E-state index contributed by atoms with van der Waals surface area (Å²) < 4.78 is 0. The Bertz CT molecular complexity index is 1190. The highest BCUT2D eigenvalue weighted by molar-refractivity contribution is 7.80. The molecule has 0 heterocycles. The van der Waals surface area contributed by atoms with Crippen molar-refractivity contribution in [3.8, 4) is 11.5 Å². The molecular weight excluding hydrogens is 542 g/mol. The quantitative estimate of drug-likeness (QED) is 0.118. The normalized spacial score (nSPS) is 13.8. The van der Waals surface area contributed by atoms with Crippen molar-refractivity contribution in [3.63, 3.8) is 0 Å². The fraction of sp³-hybridized carbons (Fsp3) is 0.346. The Balaban J connectivity index is 2.24. The number of carboxylic acids is 1. The molecule has 2 rings (SSSR count). The Morgan fingerprint density at radius 2 is 1.15 bits per heavy atom. The van der Waals surface area contributed by atoms with Gasteiger partial charge in [-0.05, 0) is 41.8 Å². The van der Waals surface area contributed by atoms with Crippen LogP contribution in [0, 0.1) is 0 Å². The minimum absolute atomic E-state index is 0.000627. The van der Waals surface area contributed by atoms with E-state index in [1.54, 1.807) is 12.1 Å². The summed E-state index contributed by atoms with van der Waals surface area (Å²) in [5.41, 5.74) is 12.0. The average Bonchev–Trinajstić information content (AvgIpc) is 2.91. The second kappa shape index (κ2) is 15.3. The third-order valence-corrected chi connectivity index (χ3v) is 6.24. The van der Waals surface area contributed by atoms with Gasteiger partial charge in [-0.2, -0.15) is 12.6 Å². The number of nitrogens with one attached hydrogen (secondary N) is 3. The fourth-order valence-corrected chi connectivity index (χ4v) is 3.77. The molecule has 0 aliphatic rings. The van der Waals surface area contributed by atoms with Crippen LogP contribution in [0.2, 0.25) is 0 Å². The van der Waals surface area contributed by atoms with Gasteiger partial charge in [0.05, 0.1) is 6.04 Å². The molecule has 4 atom stereocenters. The van der Waals surface area contributed by atoms with E-state index < -0.39 is 53.8 Å². The lowest BCUT2D eigenvalue weighted by atomic mass is 10.0. The maximum absolute atomic E-state index is 13.3. The molecular formula is C26H33N5O8S. The van der Waals surface area contributed by atoms with Gasteiger partial charge < -0.3 is 42.7 Å². The topological polar surface area (TPSA) is 234 Å². The van der Waals surface area contributed by atoms with Crippen LogP contribution in [0.25, 0.3) is 0 Å². The van der Waals surface area contributed by atoms with Gasteiger partial charge in [0.25, 0.3) is 0 Å². The summed E-state index contributed by atoms with van der Waals surface area (Å²) in [5.74, 6) is -4.48. The largest absolute Gasteiger partial charge is 0.508 e. The number of phenolic OH excluding ortho intramolecular Hbond substituents is 2. The Morgan fingerprint density at radius 3 is 1.60 bits per heavy atom. The maximum atomic E-state index is 13.3. The third kappa shape index (κ3) is 10.5. The van der Waals surface area contributed by atoms with Crippen LogP contribution in [0.3, 0.4) is 0 Å². The number of benzene rings is 2. The van der Waals surface area contributed by atoms with E-state index in [0.29, 0.717) is 11.1 Å². The van der Waals surface area contributed by atoms with Crippen molar-refractivity contribution in [2.75, 3.05) is 5.75 Å². The number of hydrogen-bond acceptors (Lipinski definition) is 9. The van der Waals surface area contributed by atoms with Crippen LogP contribution in [0.1, 0.15) is 24.0 Å². The van der Waals surface area contributed by atoms with Gasteiger partial charge in [-0.25, -0.2) is 4.79 Å². The third-order valence-electron chi connectivity index (χ3n) is 5.85. The van der Waals surface area contributed by atoms with E-state index in [4.69, 9.17) is 11.5 Å². The highest BCUT2D eigenvalue weighted by atomic mass is 32.1. The second-order valence-electron chi connectivity index (χ2n) is 9.06. The van der Waals surface area contributed by atoms with Crippen molar-refractivity contribution in [2.24, 2.45) is 11.5 Å².